The van der Waals surface area contributed by atoms with E-state index in [-0.39, 0.29) is 33.3 Å². The standard InChI is InChI=1S/C14H7ClN2O4/c15-11-3-1-2-10(8-18)14(11)21-13-5-4-9(7-16)6-12(13)17(19)20/h1-6,8H. The highest BCUT2D eigenvalue weighted by Crippen LogP contribution is 2.37. The van der Waals surface area contributed by atoms with Crippen LogP contribution in [0.3, 0.4) is 0 Å². The van der Waals surface area contributed by atoms with Crippen LogP contribution in [0.15, 0.2) is 36.4 Å². The minimum Gasteiger partial charge on any atom is -0.448 e. The number of para-hydroxylation sites is 1. The lowest BCUT2D eigenvalue weighted by Gasteiger charge is -2.10. The average Bonchev–Trinajstić information content (AvgIpc) is 2.49. The van der Waals surface area contributed by atoms with Crippen molar-refractivity contribution in [1.29, 1.82) is 5.26 Å². The molecular formula is C14H7ClN2O4. The van der Waals surface area contributed by atoms with Crippen molar-refractivity contribution in [3.05, 3.63) is 62.7 Å². The van der Waals surface area contributed by atoms with Crippen LogP contribution >= 0.6 is 11.6 Å². The summed E-state index contributed by atoms with van der Waals surface area (Å²) in [5.74, 6) is -0.0721. The van der Waals surface area contributed by atoms with Gasteiger partial charge >= 0.3 is 5.69 Å². The molecule has 0 fully saturated rings. The second-order valence-corrected chi connectivity index (χ2v) is 4.34. The molecule has 104 valence electrons. The Morgan fingerprint density at radius 2 is 2.10 bits per heavy atom. The molecule has 0 radical (unpaired) electrons. The van der Waals surface area contributed by atoms with E-state index in [1.54, 1.807) is 12.1 Å². The number of carbonyl (C=O) groups excluding carboxylic acids is 1. The number of ether oxygens (including phenoxy) is 1. The van der Waals surface area contributed by atoms with Gasteiger partial charge in [-0.3, -0.25) is 14.9 Å². The molecule has 0 spiro atoms. The number of rotatable bonds is 4. The number of benzene rings is 2. The first kappa shape index (κ1) is 14.5. The van der Waals surface area contributed by atoms with Crippen molar-refractivity contribution in [1.82, 2.24) is 0 Å². The number of nitrogens with zero attached hydrogens (tertiary/aromatic N) is 2. The summed E-state index contributed by atoms with van der Waals surface area (Å²) in [5, 5.41) is 20.0. The summed E-state index contributed by atoms with van der Waals surface area (Å²) in [5.41, 5.74) is -0.0872. The maximum Gasteiger partial charge on any atom is 0.312 e. The van der Waals surface area contributed by atoms with Gasteiger partial charge in [-0.2, -0.15) is 5.26 Å². The van der Waals surface area contributed by atoms with E-state index in [2.05, 4.69) is 0 Å². The maximum atomic E-state index is 11.0. The fourth-order valence-corrected chi connectivity index (χ4v) is 1.87. The molecule has 0 saturated carbocycles. The first-order valence-electron chi connectivity index (χ1n) is 5.67. The summed E-state index contributed by atoms with van der Waals surface area (Å²) in [7, 11) is 0. The molecule has 2 rings (SSSR count). The lowest BCUT2D eigenvalue weighted by molar-refractivity contribution is -0.385. The fourth-order valence-electron chi connectivity index (χ4n) is 1.65. The van der Waals surface area contributed by atoms with Crippen molar-refractivity contribution in [2.75, 3.05) is 0 Å². The van der Waals surface area contributed by atoms with Gasteiger partial charge in [-0.25, -0.2) is 0 Å². The van der Waals surface area contributed by atoms with Crippen LogP contribution in [-0.2, 0) is 0 Å². The van der Waals surface area contributed by atoms with Crippen molar-refractivity contribution >= 4 is 23.6 Å². The predicted molar refractivity (Wildman–Crippen MR) is 74.7 cm³/mol. The molecule has 21 heavy (non-hydrogen) atoms. The number of nitro groups is 1. The molecule has 0 saturated heterocycles. The Balaban J connectivity index is 2.52. The van der Waals surface area contributed by atoms with E-state index < -0.39 is 4.92 Å². The van der Waals surface area contributed by atoms with Crippen molar-refractivity contribution in [3.8, 4) is 17.6 Å². The minimum absolute atomic E-state index is 0.0296. The molecule has 0 bridgehead atoms. The molecule has 0 aromatic heterocycles. The maximum absolute atomic E-state index is 11.0. The molecule has 0 atom stereocenters. The van der Waals surface area contributed by atoms with E-state index in [4.69, 9.17) is 21.6 Å². The van der Waals surface area contributed by atoms with E-state index in [1.807, 2.05) is 0 Å². The third kappa shape index (κ3) is 2.99. The third-order valence-electron chi connectivity index (χ3n) is 2.62. The Kier molecular flexibility index (Phi) is 4.16. The van der Waals surface area contributed by atoms with Crippen molar-refractivity contribution in [2.45, 2.75) is 0 Å². The number of carbonyl (C=O) groups is 1. The summed E-state index contributed by atoms with van der Waals surface area (Å²) >= 11 is 5.94. The largest absolute Gasteiger partial charge is 0.448 e. The number of hydrogen-bond donors (Lipinski definition) is 0. The van der Waals surface area contributed by atoms with Crippen molar-refractivity contribution in [2.24, 2.45) is 0 Å². The Morgan fingerprint density at radius 3 is 2.71 bits per heavy atom. The van der Waals surface area contributed by atoms with Crippen LogP contribution in [-0.4, -0.2) is 11.2 Å². The van der Waals surface area contributed by atoms with Gasteiger partial charge in [0.1, 0.15) is 0 Å². The van der Waals surface area contributed by atoms with Gasteiger partial charge < -0.3 is 4.74 Å². The summed E-state index contributed by atoms with van der Waals surface area (Å²) < 4.78 is 5.41. The first-order valence-corrected chi connectivity index (χ1v) is 6.04. The first-order chi connectivity index (χ1) is 10.1. The number of aldehydes is 1. The van der Waals surface area contributed by atoms with E-state index in [0.29, 0.717) is 6.29 Å². The normalized spacial score (nSPS) is 9.71. The van der Waals surface area contributed by atoms with Gasteiger partial charge in [0.2, 0.25) is 5.75 Å². The molecule has 0 amide bonds. The molecule has 0 unspecified atom stereocenters. The predicted octanol–water partition coefficient (Wildman–Crippen LogP) is 3.72. The molecule has 0 aliphatic carbocycles. The fraction of sp³-hybridized carbons (Fsp3) is 0. The molecule has 2 aromatic rings. The molecule has 0 heterocycles. The lowest BCUT2D eigenvalue weighted by atomic mass is 10.2. The van der Waals surface area contributed by atoms with E-state index in [0.717, 1.165) is 6.07 Å². The van der Waals surface area contributed by atoms with Crippen molar-refractivity contribution < 1.29 is 14.5 Å². The van der Waals surface area contributed by atoms with Gasteiger partial charge in [0.25, 0.3) is 0 Å². The van der Waals surface area contributed by atoms with E-state index in [1.165, 1.54) is 24.3 Å². The summed E-state index contributed by atoms with van der Waals surface area (Å²) in [6.07, 6.45) is 0.538. The summed E-state index contributed by atoms with van der Waals surface area (Å²) in [6.45, 7) is 0. The third-order valence-corrected chi connectivity index (χ3v) is 2.92. The monoisotopic (exact) mass is 302 g/mol. The van der Waals surface area contributed by atoms with Crippen LogP contribution in [0.2, 0.25) is 5.02 Å². The Labute approximate surface area is 124 Å². The smallest absolute Gasteiger partial charge is 0.312 e. The second kappa shape index (κ2) is 6.03. The molecule has 0 aliphatic heterocycles. The number of hydrogen-bond acceptors (Lipinski definition) is 5. The van der Waals surface area contributed by atoms with Crippen LogP contribution in [0.4, 0.5) is 5.69 Å². The lowest BCUT2D eigenvalue weighted by Crippen LogP contribution is -1.97. The number of halogens is 1. The zero-order valence-corrected chi connectivity index (χ0v) is 11.2. The number of nitro benzene ring substituents is 1. The van der Waals surface area contributed by atoms with Gasteiger partial charge in [-0.15, -0.1) is 0 Å². The van der Waals surface area contributed by atoms with Crippen molar-refractivity contribution in [3.63, 3.8) is 0 Å². The average molecular weight is 303 g/mol. The molecule has 7 heteroatoms. The van der Waals surface area contributed by atoms with Crippen LogP contribution in [0.25, 0.3) is 0 Å². The van der Waals surface area contributed by atoms with E-state index >= 15 is 0 Å². The number of nitriles is 1. The van der Waals surface area contributed by atoms with Gasteiger partial charge in [0, 0.05) is 6.07 Å². The SMILES string of the molecule is N#Cc1ccc(Oc2c(Cl)cccc2C=O)c([N+](=O)[O-])c1. The second-order valence-electron chi connectivity index (χ2n) is 3.93. The summed E-state index contributed by atoms with van der Waals surface area (Å²) in [6, 6.07) is 10.1. The highest BCUT2D eigenvalue weighted by molar-refractivity contribution is 6.32. The quantitative estimate of drug-likeness (QED) is 0.487. The van der Waals surface area contributed by atoms with Crippen LogP contribution in [0.1, 0.15) is 15.9 Å². The van der Waals surface area contributed by atoms with Gasteiger partial charge in [0.05, 0.1) is 27.1 Å². The Bertz CT molecular complexity index is 768. The van der Waals surface area contributed by atoms with E-state index in [9.17, 15) is 14.9 Å². The minimum atomic E-state index is -0.673. The molecular weight excluding hydrogens is 296 g/mol. The highest BCUT2D eigenvalue weighted by Gasteiger charge is 2.19. The van der Waals surface area contributed by atoms with Crippen LogP contribution in [0.5, 0.6) is 11.5 Å². The van der Waals surface area contributed by atoms with Gasteiger partial charge in [-0.05, 0) is 24.3 Å². The highest BCUT2D eigenvalue weighted by atomic mass is 35.5. The molecule has 6 nitrogen and oxygen atoms in total. The molecule has 0 aliphatic rings. The van der Waals surface area contributed by atoms with Gasteiger partial charge in [0.15, 0.2) is 12.0 Å². The zero-order chi connectivity index (χ0) is 15.4. The molecule has 0 N–H and O–H groups in total. The Hall–Kier alpha value is -2.91. The van der Waals surface area contributed by atoms with Crippen LogP contribution < -0.4 is 4.74 Å². The topological polar surface area (TPSA) is 93.2 Å². The summed E-state index contributed by atoms with van der Waals surface area (Å²) in [4.78, 5) is 21.3. The van der Waals surface area contributed by atoms with Gasteiger partial charge in [-0.1, -0.05) is 17.7 Å². The Morgan fingerprint density at radius 1 is 1.33 bits per heavy atom. The zero-order valence-electron chi connectivity index (χ0n) is 10.4. The van der Waals surface area contributed by atoms with Crippen LogP contribution in [0, 0.1) is 21.4 Å². The molecule has 2 aromatic carbocycles.